The molecule has 0 aromatic heterocycles. The Morgan fingerprint density at radius 1 is 0.929 bits per heavy atom. The van der Waals surface area contributed by atoms with E-state index in [-0.39, 0.29) is 18.1 Å². The van der Waals surface area contributed by atoms with Gasteiger partial charge in [-0.1, -0.05) is 60.2 Å². The molecule has 3 heteroatoms. The summed E-state index contributed by atoms with van der Waals surface area (Å²) in [5.74, 6) is 0.948. The van der Waals surface area contributed by atoms with Gasteiger partial charge in [-0.25, -0.2) is 4.79 Å². The minimum Gasteiger partial charge on any atom is -0.448 e. The second kappa shape index (κ2) is 6.23. The van der Waals surface area contributed by atoms with Crippen molar-refractivity contribution in [3.63, 3.8) is 0 Å². The van der Waals surface area contributed by atoms with Crippen molar-refractivity contribution < 1.29 is 9.53 Å². The van der Waals surface area contributed by atoms with E-state index in [0.717, 1.165) is 25.2 Å². The summed E-state index contributed by atoms with van der Waals surface area (Å²) in [5, 5.41) is 0. The van der Waals surface area contributed by atoms with Crippen LogP contribution in [0.4, 0.5) is 4.79 Å². The molecule has 0 N–H and O–H groups in total. The van der Waals surface area contributed by atoms with Gasteiger partial charge in [0.2, 0.25) is 0 Å². The van der Waals surface area contributed by atoms with Crippen LogP contribution in [0.25, 0.3) is 11.1 Å². The summed E-state index contributed by atoms with van der Waals surface area (Å²) in [6.07, 6.45) is 8.20. The van der Waals surface area contributed by atoms with Crippen LogP contribution < -0.4 is 0 Å². The fourth-order valence-corrected chi connectivity index (χ4v) is 5.57. The zero-order valence-corrected chi connectivity index (χ0v) is 16.0. The number of amides is 1. The topological polar surface area (TPSA) is 29.5 Å². The van der Waals surface area contributed by atoms with E-state index in [4.69, 9.17) is 4.74 Å². The smallest absolute Gasteiger partial charge is 0.410 e. The van der Waals surface area contributed by atoms with Crippen LogP contribution in [-0.2, 0) is 4.74 Å². The van der Waals surface area contributed by atoms with Gasteiger partial charge in [-0.15, -0.1) is 0 Å². The van der Waals surface area contributed by atoms with E-state index >= 15 is 0 Å². The zero-order valence-electron chi connectivity index (χ0n) is 16.0. The Bertz CT molecular complexity index is 929. The molecule has 2 atom stereocenters. The lowest BCUT2D eigenvalue weighted by atomic mass is 9.97. The fourth-order valence-electron chi connectivity index (χ4n) is 5.57. The molecule has 2 aromatic carbocycles. The number of hydrogen-bond donors (Lipinski definition) is 0. The molecule has 2 unspecified atom stereocenters. The van der Waals surface area contributed by atoms with Crippen molar-refractivity contribution in [3.05, 3.63) is 71.3 Å². The maximum absolute atomic E-state index is 13.0. The summed E-state index contributed by atoms with van der Waals surface area (Å²) in [7, 11) is 0. The Morgan fingerprint density at radius 3 is 2.25 bits per heavy atom. The van der Waals surface area contributed by atoms with Crippen LogP contribution >= 0.6 is 0 Å². The molecule has 2 fully saturated rings. The lowest BCUT2D eigenvalue weighted by Crippen LogP contribution is -2.44. The normalized spacial score (nSPS) is 25.3. The third kappa shape index (κ3) is 2.52. The van der Waals surface area contributed by atoms with Crippen LogP contribution in [0, 0.1) is 5.92 Å². The second-order valence-corrected chi connectivity index (χ2v) is 8.73. The highest BCUT2D eigenvalue weighted by atomic mass is 16.6. The largest absolute Gasteiger partial charge is 0.448 e. The Morgan fingerprint density at radius 2 is 1.61 bits per heavy atom. The Hall–Kier alpha value is -2.55. The van der Waals surface area contributed by atoms with E-state index in [0.29, 0.717) is 12.6 Å². The fraction of sp³-hybridized carbons (Fsp3) is 0.400. The number of carbonyl (C=O) groups is 1. The molecule has 28 heavy (non-hydrogen) atoms. The molecule has 3 nitrogen and oxygen atoms in total. The Kier molecular flexibility index (Phi) is 3.65. The molecule has 4 aliphatic rings. The average Bonchev–Trinajstić information content (AvgIpc) is 3.48. The van der Waals surface area contributed by atoms with E-state index in [9.17, 15) is 4.79 Å². The maximum atomic E-state index is 13.0. The van der Waals surface area contributed by atoms with Gasteiger partial charge in [-0.05, 0) is 60.3 Å². The number of carbonyl (C=O) groups excluding carboxylic acids is 1. The number of hydrogen-bond acceptors (Lipinski definition) is 2. The summed E-state index contributed by atoms with van der Waals surface area (Å²) < 4.78 is 5.93. The zero-order chi connectivity index (χ0) is 18.7. The third-order valence-electron chi connectivity index (χ3n) is 7.07. The molecule has 0 radical (unpaired) electrons. The van der Waals surface area contributed by atoms with Crippen molar-refractivity contribution in [2.75, 3.05) is 6.61 Å². The Balaban J connectivity index is 1.21. The van der Waals surface area contributed by atoms with E-state index in [1.54, 1.807) is 5.57 Å². The first-order valence-corrected chi connectivity index (χ1v) is 10.6. The molecule has 142 valence electrons. The number of nitrogens with zero attached hydrogens (tertiary/aromatic N) is 1. The highest BCUT2D eigenvalue weighted by Gasteiger charge is 2.43. The van der Waals surface area contributed by atoms with Crippen molar-refractivity contribution in [2.45, 2.75) is 50.1 Å². The van der Waals surface area contributed by atoms with Crippen LogP contribution in [0.2, 0.25) is 0 Å². The van der Waals surface area contributed by atoms with Gasteiger partial charge in [0.25, 0.3) is 0 Å². The molecule has 2 aliphatic carbocycles. The SMILES string of the molecule is O=C(OCC1c2ccccc2-c2ccccc21)N1C2C=C(C3CC3)CC1CC2. The van der Waals surface area contributed by atoms with Gasteiger partial charge in [0.1, 0.15) is 6.61 Å². The van der Waals surface area contributed by atoms with Crippen molar-refractivity contribution >= 4 is 6.09 Å². The predicted octanol–water partition coefficient (Wildman–Crippen LogP) is 5.51. The van der Waals surface area contributed by atoms with Crippen LogP contribution in [0.15, 0.2) is 60.2 Å². The van der Waals surface area contributed by atoms with Gasteiger partial charge < -0.3 is 4.74 Å². The summed E-state index contributed by atoms with van der Waals surface area (Å²) in [6, 6.07) is 17.6. The first-order valence-electron chi connectivity index (χ1n) is 10.6. The van der Waals surface area contributed by atoms with Crippen LogP contribution in [0.1, 0.15) is 49.1 Å². The van der Waals surface area contributed by atoms with Gasteiger partial charge in [0, 0.05) is 12.0 Å². The molecule has 2 bridgehead atoms. The molecule has 2 aromatic rings. The summed E-state index contributed by atoms with van der Waals surface area (Å²) in [4.78, 5) is 15.0. The van der Waals surface area contributed by atoms with Crippen LogP contribution in [-0.4, -0.2) is 29.7 Å². The van der Waals surface area contributed by atoms with Gasteiger partial charge in [-0.3, -0.25) is 4.90 Å². The molecular weight excluding hydrogens is 346 g/mol. The second-order valence-electron chi connectivity index (χ2n) is 8.73. The minimum absolute atomic E-state index is 0.125. The number of fused-ring (bicyclic) bond motifs is 5. The monoisotopic (exact) mass is 371 g/mol. The van der Waals surface area contributed by atoms with Crippen LogP contribution in [0.3, 0.4) is 0 Å². The highest BCUT2D eigenvalue weighted by molar-refractivity contribution is 5.79. The number of rotatable bonds is 3. The molecule has 0 spiro atoms. The van der Waals surface area contributed by atoms with Gasteiger partial charge in [0.15, 0.2) is 0 Å². The minimum atomic E-state index is -0.125. The molecular formula is C25H25NO2. The quantitative estimate of drug-likeness (QED) is 0.666. The summed E-state index contributed by atoms with van der Waals surface area (Å²) >= 11 is 0. The summed E-state index contributed by atoms with van der Waals surface area (Å²) in [6.45, 7) is 0.419. The standard InChI is InChI=1S/C25H25NO2/c27-25(26-18-11-12-19(26)14-17(13-18)16-9-10-16)28-15-24-22-7-3-1-5-20(22)21-6-2-4-8-23(21)24/h1-8,13,16,18-19,24H,9-12,14-15H2. The van der Waals surface area contributed by atoms with Gasteiger partial charge in [0.05, 0.1) is 6.04 Å². The summed E-state index contributed by atoms with van der Waals surface area (Å²) in [5.41, 5.74) is 6.70. The molecule has 1 saturated carbocycles. The van der Waals surface area contributed by atoms with E-state index in [1.807, 2.05) is 4.90 Å². The average molecular weight is 371 g/mol. The first kappa shape index (κ1) is 16.4. The lowest BCUT2D eigenvalue weighted by Gasteiger charge is -2.33. The van der Waals surface area contributed by atoms with Gasteiger partial charge in [-0.2, -0.15) is 0 Å². The van der Waals surface area contributed by atoms with E-state index < -0.39 is 0 Å². The third-order valence-corrected chi connectivity index (χ3v) is 7.07. The van der Waals surface area contributed by atoms with Crippen molar-refractivity contribution in [2.24, 2.45) is 5.92 Å². The van der Waals surface area contributed by atoms with E-state index in [1.165, 1.54) is 35.1 Å². The molecule has 2 heterocycles. The van der Waals surface area contributed by atoms with Crippen molar-refractivity contribution in [3.8, 4) is 11.1 Å². The van der Waals surface area contributed by atoms with Gasteiger partial charge >= 0.3 is 6.09 Å². The maximum Gasteiger partial charge on any atom is 0.410 e. The van der Waals surface area contributed by atoms with Crippen molar-refractivity contribution in [1.82, 2.24) is 4.90 Å². The number of benzene rings is 2. The first-order chi connectivity index (χ1) is 13.8. The lowest BCUT2D eigenvalue weighted by molar-refractivity contribution is 0.0847. The molecule has 1 amide bonds. The molecule has 2 aliphatic heterocycles. The van der Waals surface area contributed by atoms with E-state index in [2.05, 4.69) is 54.6 Å². The Labute approximate surface area is 166 Å². The molecule has 1 saturated heterocycles. The van der Waals surface area contributed by atoms with Crippen molar-refractivity contribution in [1.29, 1.82) is 0 Å². The molecule has 6 rings (SSSR count). The van der Waals surface area contributed by atoms with Crippen LogP contribution in [0.5, 0.6) is 0 Å². The highest BCUT2D eigenvalue weighted by Crippen LogP contribution is 2.46. The predicted molar refractivity (Wildman–Crippen MR) is 109 cm³/mol. The number of ether oxygens (including phenoxy) is 1.